The van der Waals surface area contributed by atoms with Crippen molar-refractivity contribution in [2.24, 2.45) is 0 Å². The van der Waals surface area contributed by atoms with Gasteiger partial charge in [0.05, 0.1) is 23.4 Å². The normalized spacial score (nSPS) is 10.7. The number of aryl methyl sites for hydroxylation is 3. The van der Waals surface area contributed by atoms with Gasteiger partial charge in [-0.15, -0.1) is 0 Å². The van der Waals surface area contributed by atoms with E-state index in [1.807, 2.05) is 32.0 Å². The highest BCUT2D eigenvalue weighted by Crippen LogP contribution is 2.22. The highest BCUT2D eigenvalue weighted by Gasteiger charge is 2.13. The maximum Gasteiger partial charge on any atom is 0.339 e. The van der Waals surface area contributed by atoms with Crippen molar-refractivity contribution in [2.45, 2.75) is 27.7 Å². The van der Waals surface area contributed by atoms with Crippen LogP contribution in [0.15, 0.2) is 18.2 Å². The first kappa shape index (κ1) is 12.6. The summed E-state index contributed by atoms with van der Waals surface area (Å²) in [6.45, 7) is 8.13. The number of carbonyl (C=O) groups is 1. The van der Waals surface area contributed by atoms with Crippen LogP contribution in [-0.2, 0) is 4.74 Å². The zero-order valence-corrected chi connectivity index (χ0v) is 11.2. The fraction of sp³-hybridized carbons (Fsp3) is 0.333. The Balaban J connectivity index is 2.63. The van der Waals surface area contributed by atoms with Crippen LogP contribution in [0.2, 0.25) is 0 Å². The van der Waals surface area contributed by atoms with Crippen molar-refractivity contribution in [2.75, 3.05) is 6.61 Å². The topological polar surface area (TPSA) is 39.2 Å². The lowest BCUT2D eigenvalue weighted by Crippen LogP contribution is -2.08. The van der Waals surface area contributed by atoms with Crippen molar-refractivity contribution in [3.63, 3.8) is 0 Å². The Bertz CT molecular complexity index is 617. The summed E-state index contributed by atoms with van der Waals surface area (Å²) in [5.41, 5.74) is 4.59. The summed E-state index contributed by atoms with van der Waals surface area (Å²) < 4.78 is 5.03. The van der Waals surface area contributed by atoms with Gasteiger partial charge in [0.15, 0.2) is 0 Å². The van der Waals surface area contributed by atoms with E-state index in [1.54, 1.807) is 6.92 Å². The number of ether oxygens (including phenoxy) is 1. The lowest BCUT2D eigenvalue weighted by Gasteiger charge is -2.09. The third-order valence-corrected chi connectivity index (χ3v) is 3.20. The molecule has 3 nitrogen and oxygen atoms in total. The molecule has 1 aromatic carbocycles. The molecule has 0 aliphatic heterocycles. The van der Waals surface area contributed by atoms with Crippen LogP contribution in [0.4, 0.5) is 0 Å². The number of fused-ring (bicyclic) bond motifs is 1. The van der Waals surface area contributed by atoms with Crippen LogP contribution in [0.5, 0.6) is 0 Å². The molecule has 0 fully saturated rings. The van der Waals surface area contributed by atoms with E-state index in [4.69, 9.17) is 4.74 Å². The van der Waals surface area contributed by atoms with Crippen molar-refractivity contribution in [3.8, 4) is 0 Å². The van der Waals surface area contributed by atoms with E-state index in [-0.39, 0.29) is 5.97 Å². The van der Waals surface area contributed by atoms with E-state index in [9.17, 15) is 4.79 Å². The minimum absolute atomic E-state index is 0.303. The molecule has 1 aromatic heterocycles. The van der Waals surface area contributed by atoms with E-state index in [0.717, 1.165) is 22.2 Å². The second-order valence-corrected chi connectivity index (χ2v) is 4.42. The van der Waals surface area contributed by atoms with Crippen molar-refractivity contribution in [1.82, 2.24) is 4.98 Å². The van der Waals surface area contributed by atoms with Gasteiger partial charge in [0.2, 0.25) is 0 Å². The molecule has 18 heavy (non-hydrogen) atoms. The molecular formula is C15H17NO2. The van der Waals surface area contributed by atoms with Gasteiger partial charge in [-0.05, 0) is 44.9 Å². The predicted octanol–water partition coefficient (Wildman–Crippen LogP) is 3.34. The first-order valence-electron chi connectivity index (χ1n) is 6.09. The Kier molecular flexibility index (Phi) is 3.32. The Morgan fingerprint density at radius 3 is 2.67 bits per heavy atom. The monoisotopic (exact) mass is 243 g/mol. The number of hydrogen-bond acceptors (Lipinski definition) is 3. The molecule has 0 spiro atoms. The van der Waals surface area contributed by atoms with Crippen molar-refractivity contribution in [3.05, 3.63) is 40.6 Å². The highest BCUT2D eigenvalue weighted by molar-refractivity contribution is 5.95. The number of esters is 1. The maximum atomic E-state index is 11.8. The molecule has 0 aliphatic rings. The molecule has 2 aromatic rings. The van der Waals surface area contributed by atoms with Gasteiger partial charge in [-0.3, -0.25) is 4.98 Å². The van der Waals surface area contributed by atoms with Crippen LogP contribution in [0.1, 0.15) is 34.1 Å². The van der Waals surface area contributed by atoms with Gasteiger partial charge in [-0.1, -0.05) is 12.1 Å². The first-order chi connectivity index (χ1) is 8.54. The van der Waals surface area contributed by atoms with Crippen molar-refractivity contribution in [1.29, 1.82) is 0 Å². The molecule has 1 heterocycles. The lowest BCUT2D eigenvalue weighted by molar-refractivity contribution is 0.0525. The van der Waals surface area contributed by atoms with E-state index in [1.165, 1.54) is 5.56 Å². The molecular weight excluding hydrogens is 226 g/mol. The summed E-state index contributed by atoms with van der Waals surface area (Å²) in [7, 11) is 0. The Labute approximate surface area is 107 Å². The van der Waals surface area contributed by atoms with Crippen molar-refractivity contribution < 1.29 is 9.53 Å². The molecule has 94 valence electrons. The lowest BCUT2D eigenvalue weighted by atomic mass is 10.0. The van der Waals surface area contributed by atoms with E-state index in [0.29, 0.717) is 12.2 Å². The summed E-state index contributed by atoms with van der Waals surface area (Å²) >= 11 is 0. The number of pyridine rings is 1. The average Bonchev–Trinajstić information content (AvgIpc) is 2.34. The van der Waals surface area contributed by atoms with Gasteiger partial charge in [0.1, 0.15) is 0 Å². The molecule has 0 radical (unpaired) electrons. The van der Waals surface area contributed by atoms with E-state index >= 15 is 0 Å². The van der Waals surface area contributed by atoms with Gasteiger partial charge in [-0.25, -0.2) is 4.79 Å². The third kappa shape index (κ3) is 2.08. The number of hydrogen-bond donors (Lipinski definition) is 0. The van der Waals surface area contributed by atoms with Crippen LogP contribution < -0.4 is 0 Å². The molecule has 0 bridgehead atoms. The van der Waals surface area contributed by atoms with Crippen LogP contribution in [-0.4, -0.2) is 17.6 Å². The molecule has 0 atom stereocenters. The summed E-state index contributed by atoms with van der Waals surface area (Å²) in [6.07, 6.45) is 0. The van der Waals surface area contributed by atoms with E-state index < -0.39 is 0 Å². The quantitative estimate of drug-likeness (QED) is 0.759. The Morgan fingerprint density at radius 1 is 1.28 bits per heavy atom. The summed E-state index contributed by atoms with van der Waals surface area (Å²) in [6, 6.07) is 5.90. The molecule has 0 unspecified atom stereocenters. The number of nitrogens with zero attached hydrogens (tertiary/aromatic N) is 1. The molecule has 2 rings (SSSR count). The standard InChI is InChI=1S/C15H17NO2/c1-5-18-15(17)13-8-12-7-6-9(2)10(3)14(12)16-11(13)4/h6-8H,5H2,1-4H3. The molecule has 0 N–H and O–H groups in total. The molecule has 0 amide bonds. The van der Waals surface area contributed by atoms with Gasteiger partial charge < -0.3 is 4.74 Å². The van der Waals surface area contributed by atoms with Gasteiger partial charge in [0.25, 0.3) is 0 Å². The molecule has 0 saturated heterocycles. The summed E-state index contributed by atoms with van der Waals surface area (Å²) in [5.74, 6) is -0.303. The second-order valence-electron chi connectivity index (χ2n) is 4.42. The fourth-order valence-corrected chi connectivity index (χ4v) is 1.99. The minimum atomic E-state index is -0.303. The average molecular weight is 243 g/mol. The third-order valence-electron chi connectivity index (χ3n) is 3.20. The number of aromatic nitrogens is 1. The van der Waals surface area contributed by atoms with Gasteiger partial charge >= 0.3 is 5.97 Å². The van der Waals surface area contributed by atoms with Gasteiger partial charge in [0, 0.05) is 5.39 Å². The maximum absolute atomic E-state index is 11.8. The smallest absolute Gasteiger partial charge is 0.339 e. The number of benzene rings is 1. The second kappa shape index (κ2) is 4.77. The zero-order chi connectivity index (χ0) is 13.3. The van der Waals surface area contributed by atoms with Crippen LogP contribution in [0.3, 0.4) is 0 Å². The fourth-order valence-electron chi connectivity index (χ4n) is 1.99. The largest absolute Gasteiger partial charge is 0.462 e. The minimum Gasteiger partial charge on any atom is -0.462 e. The predicted molar refractivity (Wildman–Crippen MR) is 71.9 cm³/mol. The number of rotatable bonds is 2. The van der Waals surface area contributed by atoms with Crippen LogP contribution in [0, 0.1) is 20.8 Å². The summed E-state index contributed by atoms with van der Waals surface area (Å²) in [5, 5.41) is 0.978. The Hall–Kier alpha value is -1.90. The molecule has 0 aliphatic carbocycles. The number of carbonyl (C=O) groups excluding carboxylic acids is 1. The molecule has 0 saturated carbocycles. The SMILES string of the molecule is CCOC(=O)c1cc2ccc(C)c(C)c2nc1C. The molecule has 3 heteroatoms. The van der Waals surface area contributed by atoms with Crippen LogP contribution in [0.25, 0.3) is 10.9 Å². The first-order valence-corrected chi connectivity index (χ1v) is 6.09. The summed E-state index contributed by atoms with van der Waals surface area (Å²) in [4.78, 5) is 16.3. The van der Waals surface area contributed by atoms with E-state index in [2.05, 4.69) is 11.9 Å². The zero-order valence-electron chi connectivity index (χ0n) is 11.2. The van der Waals surface area contributed by atoms with Crippen molar-refractivity contribution >= 4 is 16.9 Å². The van der Waals surface area contributed by atoms with Gasteiger partial charge in [-0.2, -0.15) is 0 Å². The Morgan fingerprint density at radius 2 is 2.00 bits per heavy atom. The highest BCUT2D eigenvalue weighted by atomic mass is 16.5. The van der Waals surface area contributed by atoms with Crippen LogP contribution >= 0.6 is 0 Å².